The second kappa shape index (κ2) is 17.4. The summed E-state index contributed by atoms with van der Waals surface area (Å²) in [5.41, 5.74) is 11.2. The third kappa shape index (κ3) is 12.0. The molecule has 8 nitrogen and oxygen atoms in total. The third-order valence-corrected chi connectivity index (χ3v) is 2.56. The van der Waals surface area contributed by atoms with Gasteiger partial charge in [-0.25, -0.2) is 0 Å². The first-order chi connectivity index (χ1) is 12.7. The predicted octanol–water partition coefficient (Wildman–Crippen LogP) is 0.413. The zero-order chi connectivity index (χ0) is 19.5. The van der Waals surface area contributed by atoms with Crippen molar-refractivity contribution in [2.24, 2.45) is 20.8 Å². The molecule has 0 aromatic carbocycles. The summed E-state index contributed by atoms with van der Waals surface area (Å²) in [6.07, 6.45) is 4.08. The van der Waals surface area contributed by atoms with E-state index < -0.39 is 0 Å². The quantitative estimate of drug-likeness (QED) is 0.351. The van der Waals surface area contributed by atoms with Crippen LogP contribution in [0.1, 0.15) is 16.2 Å². The molecule has 2 aromatic rings. The van der Waals surface area contributed by atoms with Crippen LogP contribution in [0.5, 0.6) is 0 Å². The number of pyridine rings is 2. The van der Waals surface area contributed by atoms with Gasteiger partial charge >= 0.3 is 24.8 Å². The number of nitrogens with two attached hydrogens (primary N) is 2. The van der Waals surface area contributed by atoms with Crippen molar-refractivity contribution in [2.75, 3.05) is 26.2 Å². The molecule has 0 spiro atoms. The summed E-state index contributed by atoms with van der Waals surface area (Å²) in [6.45, 7) is 3.00. The van der Waals surface area contributed by atoms with E-state index in [0.29, 0.717) is 18.8 Å². The van der Waals surface area contributed by atoms with Crippen molar-refractivity contribution >= 4 is 32.6 Å². The van der Waals surface area contributed by atoms with E-state index in [2.05, 4.69) is 45.0 Å². The topological polar surface area (TPSA) is 132 Å². The monoisotopic (exact) mass is 372 g/mol. The van der Waals surface area contributed by atoms with Crippen LogP contribution < -0.4 is 16.8 Å². The Labute approximate surface area is 160 Å². The van der Waals surface area contributed by atoms with Crippen molar-refractivity contribution in [2.45, 2.75) is 0 Å². The van der Waals surface area contributed by atoms with E-state index in [4.69, 9.17) is 11.5 Å². The van der Waals surface area contributed by atoms with Crippen LogP contribution in [0.3, 0.4) is 0 Å². The van der Waals surface area contributed by atoms with Gasteiger partial charge in [0.05, 0.1) is 6.54 Å². The molecule has 26 heavy (non-hydrogen) atoms. The summed E-state index contributed by atoms with van der Waals surface area (Å²) in [5, 5.41) is 3.16. The van der Waals surface area contributed by atoms with Gasteiger partial charge in [0.2, 0.25) is 0 Å². The van der Waals surface area contributed by atoms with Crippen molar-refractivity contribution < 1.29 is 4.79 Å². The molecule has 0 saturated heterocycles. The number of aromatic nitrogens is 2. The van der Waals surface area contributed by atoms with Crippen LogP contribution in [0.4, 0.5) is 0 Å². The average Bonchev–Trinajstić information content (AvgIpc) is 3.25. The zero-order valence-corrected chi connectivity index (χ0v) is 15.3. The number of thiol groups is 1. The minimum Gasteiger partial charge on any atom is -0.367 e. The van der Waals surface area contributed by atoms with Gasteiger partial charge in [-0.1, -0.05) is 12.1 Å². The normalized spacial score (nSPS) is 10.9. The summed E-state index contributed by atoms with van der Waals surface area (Å²) >= 11 is 3.19. The van der Waals surface area contributed by atoms with Gasteiger partial charge in [0.15, 0.2) is 6.29 Å². The number of rotatable bonds is 3. The van der Waals surface area contributed by atoms with Crippen LogP contribution in [-0.2, 0) is 0 Å². The molecule has 5 N–H and O–H groups in total. The molecule has 1 radical (unpaired) electrons. The molecule has 1 aliphatic heterocycles. The largest absolute Gasteiger partial charge is 0.367 e. The van der Waals surface area contributed by atoms with E-state index in [1.165, 1.54) is 0 Å². The van der Waals surface area contributed by atoms with Gasteiger partial charge in [0.25, 0.3) is 0 Å². The molecule has 1 aliphatic rings. The van der Waals surface area contributed by atoms with Crippen LogP contribution in [0, 0.1) is 0 Å². The number of hydrogen-bond donors (Lipinski definition) is 4. The molecule has 2 aromatic heterocycles. The van der Waals surface area contributed by atoms with Crippen molar-refractivity contribution in [1.82, 2.24) is 15.3 Å². The molecule has 0 aliphatic carbocycles. The second-order valence-electron chi connectivity index (χ2n) is 4.44. The summed E-state index contributed by atoms with van der Waals surface area (Å²) in [5.74, 6) is 0.922. The fraction of sp³-hybridized carbons (Fsp3) is 0.250. The van der Waals surface area contributed by atoms with Crippen molar-refractivity contribution in [1.29, 1.82) is 0 Å². The number of carbonyl (C=O) groups excluding carboxylic acids is 1. The number of hydrogen-bond acceptors (Lipinski definition) is 9. The molecule has 0 unspecified atom stereocenters. The number of aldehydes is 1. The SMILES string of the molecule is NCCN.O=Cc1ccccn1.[B]=NS.c1ccc(C2=NCCN2)nc1. The van der Waals surface area contributed by atoms with E-state index >= 15 is 0 Å². The van der Waals surface area contributed by atoms with Crippen molar-refractivity contribution in [3.05, 3.63) is 60.2 Å². The van der Waals surface area contributed by atoms with E-state index in [-0.39, 0.29) is 0 Å². The Morgan fingerprint density at radius 3 is 2.12 bits per heavy atom. The predicted molar refractivity (Wildman–Crippen MR) is 109 cm³/mol. The first-order valence-corrected chi connectivity index (χ1v) is 8.13. The maximum atomic E-state index is 9.94. The van der Waals surface area contributed by atoms with Crippen LogP contribution in [0.25, 0.3) is 0 Å². The number of aliphatic imine (C=N–C) groups is 1. The van der Waals surface area contributed by atoms with Gasteiger partial charge < -0.3 is 16.8 Å². The molecule has 0 atom stereocenters. The Morgan fingerprint density at radius 1 is 1.15 bits per heavy atom. The van der Waals surface area contributed by atoms with E-state index in [9.17, 15) is 4.79 Å². The molecular formula is C16H23BN7OS. The number of nitrogens with zero attached hydrogens (tertiary/aromatic N) is 4. The molecule has 3 heterocycles. The maximum Gasteiger partial charge on any atom is 0.147 e. The van der Waals surface area contributed by atoms with Gasteiger partial charge in [0, 0.05) is 32.0 Å². The third-order valence-electron chi connectivity index (χ3n) is 2.56. The van der Waals surface area contributed by atoms with Gasteiger partial charge in [-0.2, -0.15) is 0 Å². The minimum absolute atomic E-state index is 0.479. The van der Waals surface area contributed by atoms with E-state index in [1.54, 1.807) is 30.6 Å². The van der Waals surface area contributed by atoms with Crippen LogP contribution in [0.2, 0.25) is 0 Å². The number of nitrogens with one attached hydrogen (secondary N) is 1. The first-order valence-electron chi connectivity index (χ1n) is 7.73. The van der Waals surface area contributed by atoms with Gasteiger partial charge in [-0.15, -0.1) is 0 Å². The maximum absolute atomic E-state index is 9.94. The van der Waals surface area contributed by atoms with Gasteiger partial charge in [0.1, 0.15) is 17.2 Å². The number of amidine groups is 1. The fourth-order valence-corrected chi connectivity index (χ4v) is 1.52. The van der Waals surface area contributed by atoms with Gasteiger partial charge in [-0.05, 0) is 24.3 Å². The van der Waals surface area contributed by atoms with Crippen molar-refractivity contribution in [3.8, 4) is 0 Å². The minimum atomic E-state index is 0.479. The fourth-order valence-electron chi connectivity index (χ4n) is 1.52. The number of carbonyl (C=O) groups is 1. The molecule has 0 bridgehead atoms. The molecule has 0 saturated carbocycles. The first kappa shape index (κ1) is 23.6. The molecule has 10 heteroatoms. The van der Waals surface area contributed by atoms with Crippen LogP contribution in [0.15, 0.2) is 58.1 Å². The zero-order valence-electron chi connectivity index (χ0n) is 14.4. The molecule has 137 valence electrons. The smallest absolute Gasteiger partial charge is 0.147 e. The van der Waals surface area contributed by atoms with Gasteiger partial charge in [-0.3, -0.25) is 19.8 Å². The van der Waals surface area contributed by atoms with E-state index in [0.717, 1.165) is 30.9 Å². The Kier molecular flexibility index (Phi) is 15.8. The van der Waals surface area contributed by atoms with E-state index in [1.807, 2.05) is 18.2 Å². The standard InChI is InChI=1S/C8H9N3.C6H5NO.C2H8N2.BHNS/c1-2-4-9-7(3-1)8-10-5-6-11-8;8-5-6-3-1-2-4-7-6;3-1-2-4;1-2-3/h1-4H,5-6H2,(H,10,11);1-5H;1-4H2;3H. The Hall–Kier alpha value is -2.43. The summed E-state index contributed by atoms with van der Waals surface area (Å²) in [4.78, 5) is 22.1. The molecule has 0 amide bonds. The van der Waals surface area contributed by atoms with Crippen molar-refractivity contribution in [3.63, 3.8) is 0 Å². The average molecular weight is 372 g/mol. The Balaban J connectivity index is 0.000000367. The summed E-state index contributed by atoms with van der Waals surface area (Å²) in [7, 11) is 4.34. The summed E-state index contributed by atoms with van der Waals surface area (Å²) in [6, 6.07) is 11.0. The van der Waals surface area contributed by atoms with Crippen LogP contribution >= 0.6 is 12.8 Å². The molecule has 3 rings (SSSR count). The molecule has 0 fully saturated rings. The second-order valence-corrected chi connectivity index (χ2v) is 4.67. The Bertz CT molecular complexity index is 627. The molecular weight excluding hydrogens is 349 g/mol. The summed E-state index contributed by atoms with van der Waals surface area (Å²) < 4.78 is 2.69. The van der Waals surface area contributed by atoms with Crippen LogP contribution in [-0.4, -0.2) is 55.9 Å². The Morgan fingerprint density at radius 2 is 1.77 bits per heavy atom.